The molecule has 1 fully saturated rings. The lowest BCUT2D eigenvalue weighted by atomic mass is 9.84. The molecule has 2 N–H and O–H groups in total. The molecule has 2 aromatic carbocycles. The average Bonchev–Trinajstić information content (AvgIpc) is 2.89. The van der Waals surface area contributed by atoms with Crippen LogP contribution in [0.4, 0.5) is 13.6 Å². The first-order valence-corrected chi connectivity index (χ1v) is 8.42. The topological polar surface area (TPSA) is 78.9 Å². The number of imide groups is 1. The van der Waals surface area contributed by atoms with E-state index in [1.165, 1.54) is 6.07 Å². The molecule has 1 saturated heterocycles. The van der Waals surface area contributed by atoms with Gasteiger partial charge in [0.05, 0.1) is 19.3 Å². The quantitative estimate of drug-likeness (QED) is 0.808. The van der Waals surface area contributed by atoms with E-state index < -0.39 is 35.2 Å². The molecule has 140 valence electrons. The maximum Gasteiger partial charge on any atom is 0.325 e. The number of urea groups is 1. The Hall–Kier alpha value is -3.00. The van der Waals surface area contributed by atoms with Crippen molar-refractivity contribution in [3.05, 3.63) is 65.2 Å². The summed E-state index contributed by atoms with van der Waals surface area (Å²) >= 11 is 0. The van der Waals surface area contributed by atoms with E-state index in [-0.39, 0.29) is 25.1 Å². The lowest BCUT2D eigenvalue weighted by Gasteiger charge is -2.33. The van der Waals surface area contributed by atoms with Gasteiger partial charge in [0.2, 0.25) is 0 Å². The summed E-state index contributed by atoms with van der Waals surface area (Å²) in [7, 11) is 0. The van der Waals surface area contributed by atoms with E-state index in [4.69, 9.17) is 4.74 Å². The lowest BCUT2D eigenvalue weighted by molar-refractivity contribution is -0.133. The van der Waals surface area contributed by atoms with Gasteiger partial charge >= 0.3 is 6.03 Å². The summed E-state index contributed by atoms with van der Waals surface area (Å²) < 4.78 is 32.0. The van der Waals surface area contributed by atoms with Gasteiger partial charge in [-0.15, -0.1) is 0 Å². The van der Waals surface area contributed by atoms with Crippen LogP contribution in [-0.2, 0) is 10.3 Å². The Kier molecular flexibility index (Phi) is 4.07. The molecule has 4 rings (SSSR count). The summed E-state index contributed by atoms with van der Waals surface area (Å²) in [5, 5.41) is 13.0. The van der Waals surface area contributed by atoms with Crippen molar-refractivity contribution in [3.8, 4) is 5.75 Å². The number of amides is 3. The third kappa shape index (κ3) is 2.73. The van der Waals surface area contributed by atoms with Crippen molar-refractivity contribution < 1.29 is 28.2 Å². The molecule has 8 heteroatoms. The number of nitrogens with one attached hydrogen (secondary N) is 1. The van der Waals surface area contributed by atoms with Crippen LogP contribution in [0.3, 0.4) is 0 Å². The van der Waals surface area contributed by atoms with Gasteiger partial charge in [-0.3, -0.25) is 9.69 Å². The van der Waals surface area contributed by atoms with Crippen molar-refractivity contribution in [2.24, 2.45) is 0 Å². The van der Waals surface area contributed by atoms with Crippen LogP contribution in [0.2, 0.25) is 0 Å². The predicted molar refractivity (Wildman–Crippen MR) is 89.8 cm³/mol. The van der Waals surface area contributed by atoms with E-state index in [1.807, 2.05) is 0 Å². The molecule has 0 bridgehead atoms. The number of aliphatic hydroxyl groups is 1. The molecule has 2 aliphatic rings. The molecule has 0 aromatic heterocycles. The van der Waals surface area contributed by atoms with Crippen molar-refractivity contribution in [1.29, 1.82) is 0 Å². The van der Waals surface area contributed by atoms with Crippen LogP contribution in [0.25, 0.3) is 0 Å². The second-order valence-corrected chi connectivity index (χ2v) is 6.54. The Morgan fingerprint density at radius 1 is 1.19 bits per heavy atom. The van der Waals surface area contributed by atoms with Gasteiger partial charge < -0.3 is 15.2 Å². The molecule has 0 unspecified atom stereocenters. The van der Waals surface area contributed by atoms with Crippen LogP contribution < -0.4 is 10.1 Å². The maximum absolute atomic E-state index is 13.4. The highest BCUT2D eigenvalue weighted by Gasteiger charge is 2.55. The van der Waals surface area contributed by atoms with E-state index in [9.17, 15) is 23.5 Å². The normalized spacial score (nSPS) is 22.4. The fourth-order valence-electron chi connectivity index (χ4n) is 3.54. The smallest absolute Gasteiger partial charge is 0.325 e. The SMILES string of the molecule is O=C1N[C@@]2(CCOc3ccccc32)C(=O)N1C[C@@H](O)c1ccc(F)c(F)c1. The largest absolute Gasteiger partial charge is 0.493 e. The van der Waals surface area contributed by atoms with Gasteiger partial charge in [0.25, 0.3) is 5.91 Å². The van der Waals surface area contributed by atoms with Crippen LogP contribution in [0, 0.1) is 11.6 Å². The third-order valence-electron chi connectivity index (χ3n) is 4.94. The molecular formula is C19H16F2N2O4. The number of fused-ring (bicyclic) bond motifs is 2. The zero-order valence-electron chi connectivity index (χ0n) is 14.1. The molecule has 3 amide bonds. The third-order valence-corrected chi connectivity index (χ3v) is 4.94. The van der Waals surface area contributed by atoms with Crippen LogP contribution in [0.1, 0.15) is 23.7 Å². The van der Waals surface area contributed by atoms with Gasteiger partial charge in [-0.1, -0.05) is 24.3 Å². The molecule has 2 atom stereocenters. The Bertz CT molecular complexity index is 936. The van der Waals surface area contributed by atoms with Crippen LogP contribution in [0.15, 0.2) is 42.5 Å². The summed E-state index contributed by atoms with van der Waals surface area (Å²) in [4.78, 5) is 26.4. The lowest BCUT2D eigenvalue weighted by Crippen LogP contribution is -2.47. The summed E-state index contributed by atoms with van der Waals surface area (Å²) in [5.74, 6) is -2.15. The van der Waals surface area contributed by atoms with Gasteiger partial charge in [-0.25, -0.2) is 13.6 Å². The molecule has 0 radical (unpaired) electrons. The second-order valence-electron chi connectivity index (χ2n) is 6.54. The number of carbonyl (C=O) groups is 2. The first-order chi connectivity index (χ1) is 12.9. The standard InChI is InChI=1S/C19H16F2N2O4/c20-13-6-5-11(9-14(13)21)15(24)10-23-17(25)19(22-18(23)26)7-8-27-16-4-2-1-3-12(16)19/h1-6,9,15,24H,7-8,10H2,(H,22,26)/t15-,19-/m1/s1. The summed E-state index contributed by atoms with van der Waals surface area (Å²) in [6, 6.07) is 9.22. The summed E-state index contributed by atoms with van der Waals surface area (Å²) in [6.45, 7) is -0.122. The highest BCUT2D eigenvalue weighted by atomic mass is 19.2. The van der Waals surface area contributed by atoms with Crippen molar-refractivity contribution in [3.63, 3.8) is 0 Å². The predicted octanol–water partition coefficient (Wildman–Crippen LogP) is 2.23. The molecule has 0 saturated carbocycles. The number of hydrogen-bond acceptors (Lipinski definition) is 4. The van der Waals surface area contributed by atoms with E-state index >= 15 is 0 Å². The Balaban J connectivity index is 1.62. The Morgan fingerprint density at radius 3 is 2.74 bits per heavy atom. The number of nitrogens with zero attached hydrogens (tertiary/aromatic N) is 1. The van der Waals surface area contributed by atoms with Gasteiger partial charge in [0.1, 0.15) is 5.75 Å². The molecule has 27 heavy (non-hydrogen) atoms. The number of halogens is 2. The second kappa shape index (κ2) is 6.31. The first-order valence-electron chi connectivity index (χ1n) is 8.42. The van der Waals surface area contributed by atoms with E-state index in [0.717, 1.165) is 17.0 Å². The molecule has 2 aromatic rings. The maximum atomic E-state index is 13.4. The monoisotopic (exact) mass is 374 g/mol. The zero-order valence-corrected chi connectivity index (χ0v) is 14.1. The molecule has 0 aliphatic carbocycles. The van der Waals surface area contributed by atoms with E-state index in [0.29, 0.717) is 11.3 Å². The van der Waals surface area contributed by atoms with Gasteiger partial charge in [-0.05, 0) is 23.8 Å². The number of ether oxygens (including phenoxy) is 1. The minimum absolute atomic E-state index is 0.0721. The average molecular weight is 374 g/mol. The Labute approximate surface area is 153 Å². The van der Waals surface area contributed by atoms with Crippen molar-refractivity contribution in [1.82, 2.24) is 10.2 Å². The molecule has 1 spiro atoms. The number of para-hydroxylation sites is 1. The molecule has 6 nitrogen and oxygen atoms in total. The zero-order chi connectivity index (χ0) is 19.2. The summed E-state index contributed by atoms with van der Waals surface area (Å²) in [5.41, 5.74) is -0.623. The summed E-state index contributed by atoms with van der Waals surface area (Å²) in [6.07, 6.45) is -1.09. The van der Waals surface area contributed by atoms with Gasteiger partial charge in [0, 0.05) is 12.0 Å². The number of rotatable bonds is 3. The Morgan fingerprint density at radius 2 is 1.96 bits per heavy atom. The number of hydrogen-bond donors (Lipinski definition) is 2. The van der Waals surface area contributed by atoms with Crippen LogP contribution in [0.5, 0.6) is 5.75 Å². The van der Waals surface area contributed by atoms with Crippen molar-refractivity contribution in [2.45, 2.75) is 18.1 Å². The highest BCUT2D eigenvalue weighted by Crippen LogP contribution is 2.41. The van der Waals surface area contributed by atoms with Crippen molar-refractivity contribution >= 4 is 11.9 Å². The fraction of sp³-hybridized carbons (Fsp3) is 0.263. The molecular weight excluding hydrogens is 358 g/mol. The van der Waals surface area contributed by atoms with Gasteiger partial charge in [0.15, 0.2) is 17.2 Å². The first kappa shape index (κ1) is 17.4. The minimum atomic E-state index is -1.35. The molecule has 2 aliphatic heterocycles. The van der Waals surface area contributed by atoms with Crippen LogP contribution in [-0.4, -0.2) is 35.1 Å². The van der Waals surface area contributed by atoms with Gasteiger partial charge in [-0.2, -0.15) is 0 Å². The number of β-amino-alcohol motifs (C(OH)–C–C–N with tert-alkyl or cyclic N) is 1. The molecule has 2 heterocycles. The number of aliphatic hydroxyl groups excluding tert-OH is 1. The van der Waals surface area contributed by atoms with Crippen LogP contribution >= 0.6 is 0 Å². The van der Waals surface area contributed by atoms with E-state index in [1.54, 1.807) is 24.3 Å². The fourth-order valence-corrected chi connectivity index (χ4v) is 3.54. The number of benzene rings is 2. The van der Waals surface area contributed by atoms with Crippen molar-refractivity contribution in [2.75, 3.05) is 13.2 Å². The van der Waals surface area contributed by atoms with E-state index in [2.05, 4.69) is 5.32 Å². The highest BCUT2D eigenvalue weighted by molar-refractivity contribution is 6.08. The number of carbonyl (C=O) groups excluding carboxylic acids is 2. The minimum Gasteiger partial charge on any atom is -0.493 e.